The monoisotopic (exact) mass is 241 g/mol. The summed E-state index contributed by atoms with van der Waals surface area (Å²) in [5.74, 6) is 0.660. The van der Waals surface area contributed by atoms with Crippen LogP contribution in [0.4, 0.5) is 0 Å². The molecule has 1 aliphatic rings. The molecule has 2 N–H and O–H groups in total. The number of carboxylic acids is 1. The molecule has 17 heavy (non-hydrogen) atoms. The van der Waals surface area contributed by atoms with Crippen LogP contribution in [0, 0.1) is 17.3 Å². The van der Waals surface area contributed by atoms with Crippen LogP contribution in [0.25, 0.3) is 0 Å². The molecule has 0 aliphatic heterocycles. The minimum Gasteiger partial charge on any atom is -0.481 e. The summed E-state index contributed by atoms with van der Waals surface area (Å²) in [4.78, 5) is 11.1. The average molecular weight is 241 g/mol. The van der Waals surface area contributed by atoms with E-state index in [1.165, 1.54) is 6.42 Å². The topological polar surface area (TPSA) is 49.3 Å². The van der Waals surface area contributed by atoms with E-state index in [-0.39, 0.29) is 5.41 Å². The van der Waals surface area contributed by atoms with Crippen molar-refractivity contribution in [2.75, 3.05) is 13.1 Å². The molecule has 3 nitrogen and oxygen atoms in total. The first-order valence-electron chi connectivity index (χ1n) is 6.90. The van der Waals surface area contributed by atoms with Gasteiger partial charge >= 0.3 is 5.97 Å². The lowest BCUT2D eigenvalue weighted by atomic mass is 9.64. The Balaban J connectivity index is 2.66. The average Bonchev–Trinajstić information content (AvgIpc) is 2.14. The fourth-order valence-corrected chi connectivity index (χ4v) is 3.62. The Labute approximate surface area is 105 Å². The zero-order chi connectivity index (χ0) is 12.9. The van der Waals surface area contributed by atoms with Crippen LogP contribution >= 0.6 is 0 Å². The van der Waals surface area contributed by atoms with Gasteiger partial charge in [-0.05, 0) is 49.5 Å². The highest BCUT2D eigenvalue weighted by Gasteiger charge is 2.39. The van der Waals surface area contributed by atoms with Gasteiger partial charge < -0.3 is 10.4 Å². The molecule has 1 saturated carbocycles. The summed E-state index contributed by atoms with van der Waals surface area (Å²) in [6.07, 6.45) is 4.78. The van der Waals surface area contributed by atoms with Crippen LogP contribution in [0.15, 0.2) is 0 Å². The van der Waals surface area contributed by atoms with Crippen molar-refractivity contribution in [2.45, 2.75) is 52.9 Å². The van der Waals surface area contributed by atoms with Crippen molar-refractivity contribution in [3.63, 3.8) is 0 Å². The molecule has 100 valence electrons. The van der Waals surface area contributed by atoms with Crippen molar-refractivity contribution in [3.8, 4) is 0 Å². The zero-order valence-electron chi connectivity index (χ0n) is 11.5. The molecule has 1 aliphatic carbocycles. The van der Waals surface area contributed by atoms with E-state index < -0.39 is 5.97 Å². The number of hydrogen-bond donors (Lipinski definition) is 2. The van der Waals surface area contributed by atoms with Crippen LogP contribution in [0.1, 0.15) is 52.9 Å². The molecular formula is C14H27NO2. The number of rotatable bonds is 6. The summed E-state index contributed by atoms with van der Waals surface area (Å²) in [5.41, 5.74) is -0.0158. The number of hydrogen-bond acceptors (Lipinski definition) is 2. The van der Waals surface area contributed by atoms with E-state index in [0.717, 1.165) is 32.4 Å². The highest BCUT2D eigenvalue weighted by atomic mass is 16.4. The van der Waals surface area contributed by atoms with Gasteiger partial charge in [0.05, 0.1) is 6.42 Å². The Bertz CT molecular complexity index is 243. The van der Waals surface area contributed by atoms with Crippen molar-refractivity contribution in [1.29, 1.82) is 0 Å². The molecule has 0 unspecified atom stereocenters. The van der Waals surface area contributed by atoms with Crippen molar-refractivity contribution in [3.05, 3.63) is 0 Å². The summed E-state index contributed by atoms with van der Waals surface area (Å²) >= 11 is 0. The highest BCUT2D eigenvalue weighted by molar-refractivity contribution is 5.67. The molecule has 3 atom stereocenters. The summed E-state index contributed by atoms with van der Waals surface area (Å²) in [5, 5.41) is 12.6. The third-order valence-corrected chi connectivity index (χ3v) is 3.82. The molecule has 1 fully saturated rings. The molecule has 0 radical (unpaired) electrons. The second kappa shape index (κ2) is 6.39. The van der Waals surface area contributed by atoms with Gasteiger partial charge in [-0.2, -0.15) is 0 Å². The summed E-state index contributed by atoms with van der Waals surface area (Å²) < 4.78 is 0. The molecule has 0 bridgehead atoms. The minimum absolute atomic E-state index is 0.0158. The summed E-state index contributed by atoms with van der Waals surface area (Å²) in [7, 11) is 0. The number of nitrogens with one attached hydrogen (secondary N) is 1. The Morgan fingerprint density at radius 2 is 1.94 bits per heavy atom. The molecule has 0 aromatic rings. The maximum Gasteiger partial charge on any atom is 0.303 e. The first kappa shape index (κ1) is 14.5. The minimum atomic E-state index is -0.649. The Kier molecular flexibility index (Phi) is 5.44. The standard InChI is InChI=1S/C14H27NO2/c1-4-5-15-10-14(9-13(16)17)7-11(2)6-12(3)8-14/h11-12,15H,4-10H2,1-3H3,(H,16,17)/t11-,12+,14-. The summed E-state index contributed by atoms with van der Waals surface area (Å²) in [6.45, 7) is 8.51. The molecule has 0 heterocycles. The first-order chi connectivity index (χ1) is 7.97. The predicted molar refractivity (Wildman–Crippen MR) is 70.0 cm³/mol. The Hall–Kier alpha value is -0.570. The van der Waals surface area contributed by atoms with Gasteiger partial charge in [-0.25, -0.2) is 0 Å². The molecule has 0 aromatic heterocycles. The van der Waals surface area contributed by atoms with E-state index in [0.29, 0.717) is 18.3 Å². The summed E-state index contributed by atoms with van der Waals surface area (Å²) in [6, 6.07) is 0. The van der Waals surface area contributed by atoms with Gasteiger partial charge in [-0.3, -0.25) is 4.79 Å². The molecule has 3 heteroatoms. The highest BCUT2D eigenvalue weighted by Crippen LogP contribution is 2.44. The first-order valence-corrected chi connectivity index (χ1v) is 6.90. The number of carbonyl (C=O) groups is 1. The van der Waals surface area contributed by atoms with E-state index in [1.54, 1.807) is 0 Å². The van der Waals surface area contributed by atoms with E-state index in [1.807, 2.05) is 0 Å². The van der Waals surface area contributed by atoms with Gasteiger partial charge in [-0.1, -0.05) is 20.8 Å². The van der Waals surface area contributed by atoms with E-state index in [4.69, 9.17) is 5.11 Å². The molecule has 0 amide bonds. The molecule has 1 rings (SSSR count). The van der Waals surface area contributed by atoms with Crippen LogP contribution in [-0.2, 0) is 4.79 Å². The van der Waals surface area contributed by atoms with Crippen LogP contribution in [-0.4, -0.2) is 24.2 Å². The molecular weight excluding hydrogens is 214 g/mol. The van der Waals surface area contributed by atoms with Crippen LogP contribution < -0.4 is 5.32 Å². The van der Waals surface area contributed by atoms with Gasteiger partial charge in [0.15, 0.2) is 0 Å². The van der Waals surface area contributed by atoms with E-state index >= 15 is 0 Å². The third kappa shape index (κ3) is 4.66. The van der Waals surface area contributed by atoms with Crippen molar-refractivity contribution >= 4 is 5.97 Å². The van der Waals surface area contributed by atoms with Crippen LogP contribution in [0.2, 0.25) is 0 Å². The van der Waals surface area contributed by atoms with Gasteiger partial charge in [0.2, 0.25) is 0 Å². The smallest absolute Gasteiger partial charge is 0.303 e. The normalized spacial score (nSPS) is 33.6. The lowest BCUT2D eigenvalue weighted by molar-refractivity contribution is -0.140. The maximum absolute atomic E-state index is 11.1. The lowest BCUT2D eigenvalue weighted by Gasteiger charge is -2.42. The van der Waals surface area contributed by atoms with Gasteiger partial charge in [-0.15, -0.1) is 0 Å². The largest absolute Gasteiger partial charge is 0.481 e. The molecule has 0 spiro atoms. The second-order valence-electron chi connectivity index (χ2n) is 6.10. The fraction of sp³-hybridized carbons (Fsp3) is 0.929. The van der Waals surface area contributed by atoms with Gasteiger partial charge in [0.25, 0.3) is 0 Å². The van der Waals surface area contributed by atoms with E-state index in [9.17, 15) is 4.79 Å². The van der Waals surface area contributed by atoms with Crippen LogP contribution in [0.3, 0.4) is 0 Å². The molecule has 0 saturated heterocycles. The quantitative estimate of drug-likeness (QED) is 0.703. The predicted octanol–water partition coefficient (Wildman–Crippen LogP) is 2.90. The Morgan fingerprint density at radius 1 is 1.35 bits per heavy atom. The zero-order valence-corrected chi connectivity index (χ0v) is 11.5. The molecule has 0 aromatic carbocycles. The van der Waals surface area contributed by atoms with Crippen LogP contribution in [0.5, 0.6) is 0 Å². The lowest BCUT2D eigenvalue weighted by Crippen LogP contribution is -2.42. The Morgan fingerprint density at radius 3 is 2.41 bits per heavy atom. The number of carboxylic acid groups (broad SMARTS) is 1. The SMILES string of the molecule is CCCNC[C@]1(CC(=O)O)C[C@H](C)C[C@H](C)C1. The van der Waals surface area contributed by atoms with Gasteiger partial charge in [0.1, 0.15) is 0 Å². The maximum atomic E-state index is 11.1. The third-order valence-electron chi connectivity index (χ3n) is 3.82. The van der Waals surface area contributed by atoms with Crippen molar-refractivity contribution in [2.24, 2.45) is 17.3 Å². The van der Waals surface area contributed by atoms with Gasteiger partial charge in [0, 0.05) is 6.54 Å². The van der Waals surface area contributed by atoms with Crippen molar-refractivity contribution < 1.29 is 9.90 Å². The fourth-order valence-electron chi connectivity index (χ4n) is 3.62. The van der Waals surface area contributed by atoms with Crippen molar-refractivity contribution in [1.82, 2.24) is 5.32 Å². The second-order valence-corrected chi connectivity index (χ2v) is 6.10. The van der Waals surface area contributed by atoms with E-state index in [2.05, 4.69) is 26.1 Å². The number of aliphatic carboxylic acids is 1.